The molecule has 0 radical (unpaired) electrons. The number of para-hydroxylation sites is 3. The molecule has 1 aliphatic heterocycles. The molecule has 1 saturated heterocycles. The fraction of sp³-hybridized carbons (Fsp3) is 0.379. The molecule has 1 N–H and O–H groups in total. The van der Waals surface area contributed by atoms with Gasteiger partial charge < -0.3 is 24.2 Å². The molecule has 0 aliphatic carbocycles. The molecule has 0 bridgehead atoms. The van der Waals surface area contributed by atoms with Crippen LogP contribution in [0.1, 0.15) is 11.1 Å². The molecule has 6 nitrogen and oxygen atoms in total. The van der Waals surface area contributed by atoms with Crippen molar-refractivity contribution in [3.8, 4) is 17.2 Å². The van der Waals surface area contributed by atoms with Gasteiger partial charge in [0.1, 0.15) is 30.0 Å². The molecule has 7 heteroatoms. The SMILES string of the molecule is COc1cccc(CCc2ccccc2OCC(O)CN2CCN(c3ccccc3OC)CC2)c1.Cl. The van der Waals surface area contributed by atoms with Crippen molar-refractivity contribution in [1.82, 2.24) is 4.90 Å². The number of β-amino-alcohol motifs (C(OH)–C–C–N with tert-alkyl or cyclic N) is 1. The van der Waals surface area contributed by atoms with E-state index in [1.165, 1.54) is 5.56 Å². The summed E-state index contributed by atoms with van der Waals surface area (Å²) in [5.41, 5.74) is 3.50. The average molecular weight is 513 g/mol. The fourth-order valence-corrected chi connectivity index (χ4v) is 4.56. The molecule has 0 spiro atoms. The Labute approximate surface area is 220 Å². The lowest BCUT2D eigenvalue weighted by atomic mass is 10.0. The zero-order valence-corrected chi connectivity index (χ0v) is 22.0. The Balaban J connectivity index is 0.00000361. The second kappa shape index (κ2) is 14.0. The average Bonchev–Trinajstić information content (AvgIpc) is 2.91. The standard InChI is InChI=1S/C29H36N2O4.ClH/c1-33-26-10-7-8-23(20-26)14-15-24-9-3-5-12-28(24)35-22-25(32)21-30-16-18-31(19-17-30)27-11-4-6-13-29(27)34-2;/h3-13,20,25,32H,14-19,21-22H2,1-2H3;1H. The number of benzene rings is 3. The van der Waals surface area contributed by atoms with Crippen LogP contribution < -0.4 is 19.1 Å². The van der Waals surface area contributed by atoms with Crippen LogP contribution >= 0.6 is 12.4 Å². The van der Waals surface area contributed by atoms with Crippen LogP contribution in [0.2, 0.25) is 0 Å². The minimum atomic E-state index is -0.542. The van der Waals surface area contributed by atoms with E-state index in [9.17, 15) is 5.11 Å². The number of nitrogens with zero attached hydrogens (tertiary/aromatic N) is 2. The lowest BCUT2D eigenvalue weighted by molar-refractivity contribution is 0.0659. The third-order valence-corrected chi connectivity index (χ3v) is 6.49. The van der Waals surface area contributed by atoms with Gasteiger partial charge in [-0.2, -0.15) is 0 Å². The Hall–Kier alpha value is -2.93. The van der Waals surface area contributed by atoms with Gasteiger partial charge in [-0.3, -0.25) is 4.90 Å². The maximum atomic E-state index is 10.7. The number of aliphatic hydroxyl groups is 1. The van der Waals surface area contributed by atoms with Crippen LogP contribution in [0.3, 0.4) is 0 Å². The van der Waals surface area contributed by atoms with Crippen molar-refractivity contribution >= 4 is 18.1 Å². The zero-order valence-electron chi connectivity index (χ0n) is 21.1. The first-order valence-electron chi connectivity index (χ1n) is 12.3. The Morgan fingerprint density at radius 1 is 0.806 bits per heavy atom. The number of piperazine rings is 1. The van der Waals surface area contributed by atoms with Crippen molar-refractivity contribution in [2.24, 2.45) is 0 Å². The van der Waals surface area contributed by atoms with Gasteiger partial charge in [0.25, 0.3) is 0 Å². The quantitative estimate of drug-likeness (QED) is 0.409. The molecule has 194 valence electrons. The number of aliphatic hydroxyl groups excluding tert-OH is 1. The van der Waals surface area contributed by atoms with E-state index < -0.39 is 6.10 Å². The van der Waals surface area contributed by atoms with Gasteiger partial charge in [-0.25, -0.2) is 0 Å². The monoisotopic (exact) mass is 512 g/mol. The summed E-state index contributed by atoms with van der Waals surface area (Å²) in [5, 5.41) is 10.7. The smallest absolute Gasteiger partial charge is 0.142 e. The number of rotatable bonds is 11. The third kappa shape index (κ3) is 7.53. The molecule has 1 heterocycles. The minimum Gasteiger partial charge on any atom is -0.497 e. The second-order valence-corrected chi connectivity index (χ2v) is 8.88. The fourth-order valence-electron chi connectivity index (χ4n) is 4.56. The number of halogens is 1. The van der Waals surface area contributed by atoms with Crippen LogP contribution in [0.5, 0.6) is 17.2 Å². The largest absolute Gasteiger partial charge is 0.497 e. The highest BCUT2D eigenvalue weighted by molar-refractivity contribution is 5.85. The van der Waals surface area contributed by atoms with E-state index in [0.717, 1.165) is 67.5 Å². The summed E-state index contributed by atoms with van der Waals surface area (Å²) in [5.74, 6) is 2.62. The molecule has 1 unspecified atom stereocenters. The topological polar surface area (TPSA) is 54.4 Å². The van der Waals surface area contributed by atoms with E-state index >= 15 is 0 Å². The minimum absolute atomic E-state index is 0. The first kappa shape index (κ1) is 27.7. The van der Waals surface area contributed by atoms with Crippen LogP contribution in [0.15, 0.2) is 72.8 Å². The number of ether oxygens (including phenoxy) is 3. The molecule has 0 saturated carbocycles. The van der Waals surface area contributed by atoms with E-state index in [0.29, 0.717) is 6.54 Å². The molecule has 3 aromatic rings. The molecule has 1 atom stereocenters. The Kier molecular flexibility index (Phi) is 10.7. The maximum absolute atomic E-state index is 10.7. The number of anilines is 1. The predicted molar refractivity (Wildman–Crippen MR) is 147 cm³/mol. The highest BCUT2D eigenvalue weighted by Gasteiger charge is 2.21. The van der Waals surface area contributed by atoms with Crippen LogP contribution in [0, 0.1) is 0 Å². The molecule has 1 aliphatic rings. The van der Waals surface area contributed by atoms with Crippen molar-refractivity contribution in [3.63, 3.8) is 0 Å². The lowest BCUT2D eigenvalue weighted by Crippen LogP contribution is -2.49. The summed E-state index contributed by atoms with van der Waals surface area (Å²) >= 11 is 0. The van der Waals surface area contributed by atoms with Gasteiger partial charge in [-0.15, -0.1) is 12.4 Å². The van der Waals surface area contributed by atoms with Gasteiger partial charge in [0, 0.05) is 32.7 Å². The summed E-state index contributed by atoms with van der Waals surface area (Å²) in [6.07, 6.45) is 1.22. The Bertz CT molecular complexity index is 1070. The summed E-state index contributed by atoms with van der Waals surface area (Å²) in [7, 11) is 3.40. The molecular weight excluding hydrogens is 476 g/mol. The second-order valence-electron chi connectivity index (χ2n) is 8.88. The molecule has 36 heavy (non-hydrogen) atoms. The highest BCUT2D eigenvalue weighted by atomic mass is 35.5. The predicted octanol–water partition coefficient (Wildman–Crippen LogP) is 4.47. The molecule has 4 rings (SSSR count). The Morgan fingerprint density at radius 2 is 1.53 bits per heavy atom. The number of hydrogen-bond donors (Lipinski definition) is 1. The van der Waals surface area contributed by atoms with E-state index in [-0.39, 0.29) is 19.0 Å². The first-order chi connectivity index (χ1) is 17.2. The van der Waals surface area contributed by atoms with Crippen molar-refractivity contribution in [2.75, 3.05) is 58.5 Å². The van der Waals surface area contributed by atoms with Gasteiger partial charge in [-0.1, -0.05) is 42.5 Å². The number of aryl methyl sites for hydroxylation is 2. The molecule has 0 aromatic heterocycles. The normalized spacial score (nSPS) is 14.6. The summed E-state index contributed by atoms with van der Waals surface area (Å²) in [6.45, 7) is 4.48. The van der Waals surface area contributed by atoms with E-state index in [4.69, 9.17) is 14.2 Å². The van der Waals surface area contributed by atoms with Crippen molar-refractivity contribution in [1.29, 1.82) is 0 Å². The van der Waals surface area contributed by atoms with Crippen LogP contribution in [-0.2, 0) is 12.8 Å². The number of methoxy groups -OCH3 is 2. The van der Waals surface area contributed by atoms with Gasteiger partial charge in [0.2, 0.25) is 0 Å². The first-order valence-corrected chi connectivity index (χ1v) is 12.3. The van der Waals surface area contributed by atoms with Crippen LogP contribution in [0.25, 0.3) is 0 Å². The Morgan fingerprint density at radius 3 is 2.28 bits per heavy atom. The van der Waals surface area contributed by atoms with Gasteiger partial charge in [0.15, 0.2) is 0 Å². The van der Waals surface area contributed by atoms with Gasteiger partial charge in [0.05, 0.1) is 19.9 Å². The van der Waals surface area contributed by atoms with Crippen molar-refractivity contribution in [3.05, 3.63) is 83.9 Å². The van der Waals surface area contributed by atoms with Crippen molar-refractivity contribution < 1.29 is 19.3 Å². The van der Waals surface area contributed by atoms with Crippen LogP contribution in [-0.4, -0.2) is 69.7 Å². The zero-order chi connectivity index (χ0) is 24.5. The van der Waals surface area contributed by atoms with E-state index in [1.54, 1.807) is 14.2 Å². The van der Waals surface area contributed by atoms with E-state index in [1.807, 2.05) is 48.5 Å². The maximum Gasteiger partial charge on any atom is 0.142 e. The van der Waals surface area contributed by atoms with Crippen molar-refractivity contribution in [2.45, 2.75) is 18.9 Å². The third-order valence-electron chi connectivity index (χ3n) is 6.49. The summed E-state index contributed by atoms with van der Waals surface area (Å²) < 4.78 is 16.9. The lowest BCUT2D eigenvalue weighted by Gasteiger charge is -2.37. The van der Waals surface area contributed by atoms with Gasteiger partial charge >= 0.3 is 0 Å². The summed E-state index contributed by atoms with van der Waals surface area (Å²) in [4.78, 5) is 4.64. The summed E-state index contributed by atoms with van der Waals surface area (Å²) in [6, 6.07) is 24.4. The van der Waals surface area contributed by atoms with Crippen LogP contribution in [0.4, 0.5) is 5.69 Å². The molecule has 0 amide bonds. The highest BCUT2D eigenvalue weighted by Crippen LogP contribution is 2.28. The van der Waals surface area contributed by atoms with Gasteiger partial charge in [-0.05, 0) is 54.3 Å². The molecular formula is C29H37ClN2O4. The van der Waals surface area contributed by atoms with E-state index in [2.05, 4.69) is 34.1 Å². The molecule has 1 fully saturated rings. The number of hydrogen-bond acceptors (Lipinski definition) is 6. The molecule has 3 aromatic carbocycles.